The van der Waals surface area contributed by atoms with Crippen molar-refractivity contribution in [1.29, 1.82) is 0 Å². The van der Waals surface area contributed by atoms with Gasteiger partial charge in [-0.15, -0.1) is 0 Å². The number of nitrogen functional groups attached to an aromatic ring is 1. The lowest BCUT2D eigenvalue weighted by Crippen LogP contribution is -2.24. The molecule has 1 aromatic heterocycles. The Hall–Kier alpha value is -1.34. The molecule has 5 nitrogen and oxygen atoms in total. The highest BCUT2D eigenvalue weighted by molar-refractivity contribution is 7.89. The van der Waals surface area contributed by atoms with Gasteiger partial charge in [-0.3, -0.25) is 4.98 Å². The SMILES string of the molecule is Cc1ccc(CNS(=O)(=O)c2c(Cl)cc(N)cc2Cl)cn1. The van der Waals surface area contributed by atoms with Crippen LogP contribution in [0.15, 0.2) is 35.4 Å². The van der Waals surface area contributed by atoms with Crippen LogP contribution in [0, 0.1) is 6.92 Å². The number of rotatable bonds is 4. The van der Waals surface area contributed by atoms with E-state index in [1.54, 1.807) is 18.3 Å². The zero-order valence-corrected chi connectivity index (χ0v) is 13.4. The first kappa shape index (κ1) is 16.0. The van der Waals surface area contributed by atoms with Gasteiger partial charge in [-0.25, -0.2) is 13.1 Å². The van der Waals surface area contributed by atoms with Gasteiger partial charge in [0.05, 0.1) is 10.0 Å². The van der Waals surface area contributed by atoms with Gasteiger partial charge < -0.3 is 5.73 Å². The first-order valence-corrected chi connectivity index (χ1v) is 8.19. The summed E-state index contributed by atoms with van der Waals surface area (Å²) in [5.41, 5.74) is 7.44. The first-order chi connectivity index (χ1) is 9.79. The predicted octanol–water partition coefficient (Wildman–Crippen LogP) is 2.76. The second-order valence-electron chi connectivity index (χ2n) is 4.45. The lowest BCUT2D eigenvalue weighted by Gasteiger charge is -2.11. The average molecular weight is 346 g/mol. The summed E-state index contributed by atoms with van der Waals surface area (Å²) >= 11 is 11.9. The highest BCUT2D eigenvalue weighted by atomic mass is 35.5. The Kier molecular flexibility index (Phi) is 4.73. The monoisotopic (exact) mass is 345 g/mol. The second-order valence-corrected chi connectivity index (χ2v) is 6.96. The van der Waals surface area contributed by atoms with Crippen molar-refractivity contribution in [2.75, 3.05) is 5.73 Å². The summed E-state index contributed by atoms with van der Waals surface area (Å²) < 4.78 is 27.0. The number of sulfonamides is 1. The van der Waals surface area contributed by atoms with Crippen molar-refractivity contribution in [2.24, 2.45) is 0 Å². The molecule has 2 aromatic rings. The number of halogens is 2. The fraction of sp³-hybridized carbons (Fsp3) is 0.154. The van der Waals surface area contributed by atoms with E-state index < -0.39 is 10.0 Å². The summed E-state index contributed by atoms with van der Waals surface area (Å²) in [5, 5.41) is -0.0379. The molecular weight excluding hydrogens is 333 g/mol. The Bertz CT molecular complexity index is 738. The number of nitrogens with one attached hydrogen (secondary N) is 1. The molecule has 21 heavy (non-hydrogen) atoms. The van der Waals surface area contributed by atoms with E-state index in [2.05, 4.69) is 9.71 Å². The average Bonchev–Trinajstić information content (AvgIpc) is 2.36. The highest BCUT2D eigenvalue weighted by Crippen LogP contribution is 2.31. The summed E-state index contributed by atoms with van der Waals surface area (Å²) in [5.74, 6) is 0. The van der Waals surface area contributed by atoms with Crippen LogP contribution in [0.3, 0.4) is 0 Å². The number of hydrogen-bond donors (Lipinski definition) is 2. The molecule has 0 spiro atoms. The van der Waals surface area contributed by atoms with Crippen LogP contribution in [0.2, 0.25) is 10.0 Å². The fourth-order valence-corrected chi connectivity index (χ4v) is 3.94. The van der Waals surface area contributed by atoms with Crippen molar-refractivity contribution < 1.29 is 8.42 Å². The second kappa shape index (κ2) is 6.19. The van der Waals surface area contributed by atoms with Gasteiger partial charge in [-0.1, -0.05) is 29.3 Å². The van der Waals surface area contributed by atoms with E-state index in [1.165, 1.54) is 12.1 Å². The Morgan fingerprint density at radius 3 is 2.38 bits per heavy atom. The van der Waals surface area contributed by atoms with Gasteiger partial charge in [-0.05, 0) is 30.7 Å². The van der Waals surface area contributed by atoms with Crippen LogP contribution in [0.5, 0.6) is 0 Å². The van der Waals surface area contributed by atoms with Crippen LogP contribution < -0.4 is 10.5 Å². The summed E-state index contributed by atoms with van der Waals surface area (Å²) in [4.78, 5) is 3.92. The van der Waals surface area contributed by atoms with E-state index >= 15 is 0 Å². The van der Waals surface area contributed by atoms with Crippen LogP contribution in [-0.2, 0) is 16.6 Å². The molecule has 112 valence electrons. The van der Waals surface area contributed by atoms with Crippen LogP contribution >= 0.6 is 23.2 Å². The van der Waals surface area contributed by atoms with E-state index in [0.29, 0.717) is 5.69 Å². The van der Waals surface area contributed by atoms with E-state index in [4.69, 9.17) is 28.9 Å². The number of hydrogen-bond acceptors (Lipinski definition) is 4. The summed E-state index contributed by atoms with van der Waals surface area (Å²) in [6.45, 7) is 1.94. The smallest absolute Gasteiger partial charge is 0.243 e. The van der Waals surface area contributed by atoms with E-state index in [-0.39, 0.29) is 21.5 Å². The lowest BCUT2D eigenvalue weighted by atomic mass is 10.2. The van der Waals surface area contributed by atoms with Crippen LogP contribution in [0.1, 0.15) is 11.3 Å². The maximum Gasteiger partial charge on any atom is 0.243 e. The molecule has 0 saturated carbocycles. The Morgan fingerprint density at radius 2 is 1.86 bits per heavy atom. The van der Waals surface area contributed by atoms with E-state index in [9.17, 15) is 8.42 Å². The molecule has 1 aromatic carbocycles. The third-order valence-corrected chi connectivity index (χ3v) is 5.05. The largest absolute Gasteiger partial charge is 0.399 e. The molecule has 1 heterocycles. The molecule has 0 radical (unpaired) electrons. The van der Waals surface area contributed by atoms with Crippen molar-refractivity contribution in [3.05, 3.63) is 51.8 Å². The molecule has 2 rings (SSSR count). The zero-order chi connectivity index (χ0) is 15.6. The molecule has 8 heteroatoms. The molecule has 0 bridgehead atoms. The number of anilines is 1. The van der Waals surface area contributed by atoms with Crippen molar-refractivity contribution in [2.45, 2.75) is 18.4 Å². The van der Waals surface area contributed by atoms with Gasteiger partial charge in [0.2, 0.25) is 10.0 Å². The Morgan fingerprint density at radius 1 is 1.24 bits per heavy atom. The van der Waals surface area contributed by atoms with Gasteiger partial charge in [0.1, 0.15) is 4.90 Å². The first-order valence-electron chi connectivity index (χ1n) is 5.95. The topological polar surface area (TPSA) is 85.1 Å². The number of aryl methyl sites for hydroxylation is 1. The Balaban J connectivity index is 2.25. The molecule has 0 fully saturated rings. The van der Waals surface area contributed by atoms with Gasteiger partial charge in [0.15, 0.2) is 0 Å². The number of nitrogens with two attached hydrogens (primary N) is 1. The molecule has 3 N–H and O–H groups in total. The van der Waals surface area contributed by atoms with Crippen molar-refractivity contribution >= 4 is 38.9 Å². The molecule has 0 aliphatic rings. The normalized spacial score (nSPS) is 11.6. The van der Waals surface area contributed by atoms with Crippen molar-refractivity contribution in [3.63, 3.8) is 0 Å². The maximum absolute atomic E-state index is 12.3. The maximum atomic E-state index is 12.3. The van der Waals surface area contributed by atoms with E-state index in [0.717, 1.165) is 11.3 Å². The summed E-state index contributed by atoms with van der Waals surface area (Å²) in [7, 11) is -3.84. The van der Waals surface area contributed by atoms with Crippen LogP contribution in [0.4, 0.5) is 5.69 Å². The Labute approximate surface area is 133 Å². The van der Waals surface area contributed by atoms with Crippen molar-refractivity contribution in [3.8, 4) is 0 Å². The van der Waals surface area contributed by atoms with Gasteiger partial charge in [0.25, 0.3) is 0 Å². The summed E-state index contributed by atoms with van der Waals surface area (Å²) in [6, 6.07) is 6.27. The molecule has 0 unspecified atom stereocenters. The molecule has 0 aliphatic heterocycles. The molecule has 0 aliphatic carbocycles. The minimum atomic E-state index is -3.84. The van der Waals surface area contributed by atoms with Crippen molar-refractivity contribution in [1.82, 2.24) is 9.71 Å². The number of pyridine rings is 1. The third kappa shape index (κ3) is 3.85. The van der Waals surface area contributed by atoms with Gasteiger partial charge in [0, 0.05) is 24.1 Å². The highest BCUT2D eigenvalue weighted by Gasteiger charge is 2.22. The number of benzene rings is 1. The minimum Gasteiger partial charge on any atom is -0.399 e. The fourth-order valence-electron chi connectivity index (χ4n) is 1.69. The molecular formula is C13H13Cl2N3O2S. The quantitative estimate of drug-likeness (QED) is 0.834. The predicted molar refractivity (Wildman–Crippen MR) is 83.9 cm³/mol. The number of aromatic nitrogens is 1. The van der Waals surface area contributed by atoms with Crippen LogP contribution in [0.25, 0.3) is 0 Å². The molecule has 0 amide bonds. The number of nitrogens with zero attached hydrogens (tertiary/aromatic N) is 1. The van der Waals surface area contributed by atoms with Crippen LogP contribution in [-0.4, -0.2) is 13.4 Å². The zero-order valence-electron chi connectivity index (χ0n) is 11.1. The summed E-state index contributed by atoms with van der Waals surface area (Å²) in [6.07, 6.45) is 1.60. The standard InChI is InChI=1S/C13H13Cl2N3O2S/c1-8-2-3-9(6-17-8)7-18-21(19,20)13-11(14)4-10(16)5-12(13)15/h2-6,18H,7,16H2,1H3. The lowest BCUT2D eigenvalue weighted by molar-refractivity contribution is 0.581. The minimum absolute atomic E-state index is 0.0190. The molecule has 0 atom stereocenters. The van der Waals surface area contributed by atoms with Gasteiger partial charge >= 0.3 is 0 Å². The van der Waals surface area contributed by atoms with Gasteiger partial charge in [-0.2, -0.15) is 0 Å². The molecule has 0 saturated heterocycles. The van der Waals surface area contributed by atoms with E-state index in [1.807, 2.05) is 6.92 Å². The third-order valence-electron chi connectivity index (χ3n) is 2.73.